The van der Waals surface area contributed by atoms with Gasteiger partial charge in [0.25, 0.3) is 0 Å². The Morgan fingerprint density at radius 1 is 1.17 bits per heavy atom. The van der Waals surface area contributed by atoms with E-state index in [2.05, 4.69) is 0 Å². The van der Waals surface area contributed by atoms with E-state index < -0.39 is 11.6 Å². The Bertz CT molecular complexity index is 587. The normalized spacial score (nSPS) is 10.9. The molecular formula is C14H12F2OS. The smallest absolute Gasteiger partial charge is 0.175 e. The number of hydrogen-bond donors (Lipinski definition) is 0. The second kappa shape index (κ2) is 4.98. The predicted molar refractivity (Wildman–Crippen MR) is 68.8 cm³/mol. The van der Waals surface area contributed by atoms with Crippen molar-refractivity contribution in [1.29, 1.82) is 0 Å². The number of rotatable bonds is 3. The van der Waals surface area contributed by atoms with Crippen LogP contribution in [0.15, 0.2) is 30.3 Å². The van der Waals surface area contributed by atoms with Gasteiger partial charge >= 0.3 is 0 Å². The molecule has 1 aromatic heterocycles. The zero-order chi connectivity index (χ0) is 13.3. The van der Waals surface area contributed by atoms with Crippen molar-refractivity contribution in [2.45, 2.75) is 13.8 Å². The first-order valence-corrected chi connectivity index (χ1v) is 6.40. The molecule has 94 valence electrons. The lowest BCUT2D eigenvalue weighted by atomic mass is 10.1. The molecule has 2 rings (SSSR count). The summed E-state index contributed by atoms with van der Waals surface area (Å²) in [4.78, 5) is 12.9. The van der Waals surface area contributed by atoms with Crippen molar-refractivity contribution in [2.24, 2.45) is 5.92 Å². The Morgan fingerprint density at radius 3 is 2.56 bits per heavy atom. The van der Waals surface area contributed by atoms with Crippen molar-refractivity contribution < 1.29 is 13.6 Å². The highest BCUT2D eigenvalue weighted by atomic mass is 32.1. The van der Waals surface area contributed by atoms with Crippen LogP contribution in [-0.2, 0) is 0 Å². The Labute approximate surface area is 108 Å². The SMILES string of the molecule is CC(C)C(=O)c1ccc(-c2cccc(F)c2F)s1. The van der Waals surface area contributed by atoms with E-state index >= 15 is 0 Å². The van der Waals surface area contributed by atoms with Gasteiger partial charge < -0.3 is 0 Å². The molecule has 0 aliphatic carbocycles. The molecule has 0 saturated carbocycles. The van der Waals surface area contributed by atoms with Crippen LogP contribution in [0.25, 0.3) is 10.4 Å². The molecule has 0 radical (unpaired) electrons. The fourth-order valence-electron chi connectivity index (χ4n) is 1.59. The highest BCUT2D eigenvalue weighted by molar-refractivity contribution is 7.17. The van der Waals surface area contributed by atoms with Crippen molar-refractivity contribution in [3.63, 3.8) is 0 Å². The van der Waals surface area contributed by atoms with E-state index in [-0.39, 0.29) is 17.3 Å². The van der Waals surface area contributed by atoms with Crippen molar-refractivity contribution in [1.82, 2.24) is 0 Å². The van der Waals surface area contributed by atoms with Crippen LogP contribution in [0.4, 0.5) is 8.78 Å². The van der Waals surface area contributed by atoms with Crippen molar-refractivity contribution >= 4 is 17.1 Å². The van der Waals surface area contributed by atoms with E-state index in [1.807, 2.05) is 13.8 Å². The number of carbonyl (C=O) groups excluding carboxylic acids is 1. The monoisotopic (exact) mass is 266 g/mol. The highest BCUT2D eigenvalue weighted by Gasteiger charge is 2.16. The molecule has 1 aromatic carbocycles. The third kappa shape index (κ3) is 2.34. The van der Waals surface area contributed by atoms with Gasteiger partial charge in [0.05, 0.1) is 4.88 Å². The lowest BCUT2D eigenvalue weighted by Crippen LogP contribution is -2.04. The molecule has 4 heteroatoms. The summed E-state index contributed by atoms with van der Waals surface area (Å²) >= 11 is 1.19. The van der Waals surface area contributed by atoms with Crippen LogP contribution >= 0.6 is 11.3 Å². The molecule has 0 N–H and O–H groups in total. The molecule has 1 nitrogen and oxygen atoms in total. The van der Waals surface area contributed by atoms with Gasteiger partial charge in [-0.25, -0.2) is 8.78 Å². The summed E-state index contributed by atoms with van der Waals surface area (Å²) in [6.07, 6.45) is 0. The van der Waals surface area contributed by atoms with Crippen LogP contribution in [-0.4, -0.2) is 5.78 Å². The molecule has 0 fully saturated rings. The quantitative estimate of drug-likeness (QED) is 0.746. The maximum atomic E-state index is 13.6. The van der Waals surface area contributed by atoms with Gasteiger partial charge in [-0.05, 0) is 18.2 Å². The maximum absolute atomic E-state index is 13.6. The zero-order valence-electron chi connectivity index (χ0n) is 10.0. The standard InChI is InChI=1S/C14H12F2OS/c1-8(2)14(17)12-7-6-11(18-12)9-4-3-5-10(15)13(9)16/h3-8H,1-2H3. The summed E-state index contributed by atoms with van der Waals surface area (Å²) in [5.41, 5.74) is 0.197. The van der Waals surface area contributed by atoms with Crippen LogP contribution in [0.2, 0.25) is 0 Å². The summed E-state index contributed by atoms with van der Waals surface area (Å²) in [7, 11) is 0. The number of Topliss-reactive ketones (excluding diaryl/α,β-unsaturated/α-hetero) is 1. The Kier molecular flexibility index (Phi) is 3.57. The molecule has 0 unspecified atom stereocenters. The number of ketones is 1. The van der Waals surface area contributed by atoms with Crippen LogP contribution < -0.4 is 0 Å². The van der Waals surface area contributed by atoms with E-state index in [0.717, 1.165) is 6.07 Å². The van der Waals surface area contributed by atoms with E-state index in [1.54, 1.807) is 12.1 Å². The first-order chi connectivity index (χ1) is 8.50. The molecule has 0 saturated heterocycles. The van der Waals surface area contributed by atoms with Crippen LogP contribution in [0.1, 0.15) is 23.5 Å². The van der Waals surface area contributed by atoms with Crippen molar-refractivity contribution in [3.05, 3.63) is 46.8 Å². The molecular weight excluding hydrogens is 254 g/mol. The topological polar surface area (TPSA) is 17.1 Å². The Balaban J connectivity index is 2.41. The summed E-state index contributed by atoms with van der Waals surface area (Å²) < 4.78 is 26.7. The number of halogens is 2. The maximum Gasteiger partial charge on any atom is 0.175 e. The van der Waals surface area contributed by atoms with E-state index in [1.165, 1.54) is 23.5 Å². The summed E-state index contributed by atoms with van der Waals surface area (Å²) in [6.45, 7) is 3.62. The van der Waals surface area contributed by atoms with Gasteiger partial charge in [-0.3, -0.25) is 4.79 Å². The molecule has 2 aromatic rings. The second-order valence-corrected chi connectivity index (χ2v) is 5.37. The average Bonchev–Trinajstić information content (AvgIpc) is 2.80. The molecule has 0 bridgehead atoms. The highest BCUT2D eigenvalue weighted by Crippen LogP contribution is 2.31. The minimum absolute atomic E-state index is 0.0167. The summed E-state index contributed by atoms with van der Waals surface area (Å²) in [5, 5.41) is 0. The van der Waals surface area contributed by atoms with Crippen LogP contribution in [0, 0.1) is 17.6 Å². The van der Waals surface area contributed by atoms with Gasteiger partial charge in [-0.15, -0.1) is 11.3 Å². The third-order valence-corrected chi connectivity index (χ3v) is 3.72. The zero-order valence-corrected chi connectivity index (χ0v) is 10.9. The molecule has 0 atom stereocenters. The van der Waals surface area contributed by atoms with E-state index in [4.69, 9.17) is 0 Å². The number of benzene rings is 1. The van der Waals surface area contributed by atoms with Crippen molar-refractivity contribution in [3.8, 4) is 10.4 Å². The van der Waals surface area contributed by atoms with Gasteiger partial charge in [0.1, 0.15) is 0 Å². The van der Waals surface area contributed by atoms with Gasteiger partial charge in [0.15, 0.2) is 17.4 Å². The summed E-state index contributed by atoms with van der Waals surface area (Å²) in [5.74, 6) is -1.84. The largest absolute Gasteiger partial charge is 0.293 e. The molecule has 1 heterocycles. The van der Waals surface area contributed by atoms with Crippen LogP contribution in [0.3, 0.4) is 0 Å². The van der Waals surface area contributed by atoms with Gasteiger partial charge in [0.2, 0.25) is 0 Å². The van der Waals surface area contributed by atoms with Crippen LogP contribution in [0.5, 0.6) is 0 Å². The lowest BCUT2D eigenvalue weighted by Gasteiger charge is -2.01. The molecule has 0 aliphatic rings. The van der Waals surface area contributed by atoms with Gasteiger partial charge in [-0.2, -0.15) is 0 Å². The molecule has 18 heavy (non-hydrogen) atoms. The first kappa shape index (κ1) is 12.9. The fourth-order valence-corrected chi connectivity index (χ4v) is 2.71. The molecule has 0 amide bonds. The number of hydrogen-bond acceptors (Lipinski definition) is 2. The van der Waals surface area contributed by atoms with E-state index in [0.29, 0.717) is 9.75 Å². The second-order valence-electron chi connectivity index (χ2n) is 4.28. The first-order valence-electron chi connectivity index (χ1n) is 5.59. The average molecular weight is 266 g/mol. The Morgan fingerprint density at radius 2 is 1.89 bits per heavy atom. The van der Waals surface area contributed by atoms with Gasteiger partial charge in [-0.1, -0.05) is 26.0 Å². The molecule has 0 aliphatic heterocycles. The Hall–Kier alpha value is -1.55. The lowest BCUT2D eigenvalue weighted by molar-refractivity contribution is 0.0943. The number of carbonyl (C=O) groups is 1. The van der Waals surface area contributed by atoms with E-state index in [9.17, 15) is 13.6 Å². The predicted octanol–water partition coefficient (Wildman–Crippen LogP) is 4.53. The van der Waals surface area contributed by atoms with Crippen molar-refractivity contribution in [2.75, 3.05) is 0 Å². The summed E-state index contributed by atoms with van der Waals surface area (Å²) in [6, 6.07) is 7.35. The number of thiophene rings is 1. The minimum Gasteiger partial charge on any atom is -0.293 e. The third-order valence-electron chi connectivity index (χ3n) is 2.59. The molecule has 0 spiro atoms. The van der Waals surface area contributed by atoms with Gasteiger partial charge in [0, 0.05) is 16.4 Å². The fraction of sp³-hybridized carbons (Fsp3) is 0.214. The minimum atomic E-state index is -0.877.